The number of ether oxygens (including phenoxy) is 1. The molecule has 1 saturated heterocycles. The third-order valence-corrected chi connectivity index (χ3v) is 9.74. The quantitative estimate of drug-likeness (QED) is 0.186. The molecule has 0 spiro atoms. The normalized spacial score (nSPS) is 22.8. The number of hydrogen-bond acceptors (Lipinski definition) is 7. The molecule has 0 radical (unpaired) electrons. The van der Waals surface area contributed by atoms with Crippen molar-refractivity contribution in [2.75, 3.05) is 6.54 Å². The first-order chi connectivity index (χ1) is 21.3. The van der Waals surface area contributed by atoms with E-state index < -0.39 is 64.8 Å². The Balaban J connectivity index is 1.84. The summed E-state index contributed by atoms with van der Waals surface area (Å²) >= 11 is 0. The number of hydrogen-bond donors (Lipinski definition) is 4. The number of ketones is 1. The van der Waals surface area contributed by atoms with E-state index in [1.54, 1.807) is 20.8 Å². The number of likely N-dealkylation sites (tertiary alicyclic amines) is 1. The highest BCUT2D eigenvalue weighted by Crippen LogP contribution is 2.35. The molecule has 0 bridgehead atoms. The molecule has 2 saturated carbocycles. The number of nitrogens with one attached hydrogen (secondary N) is 3. The number of carbonyl (C=O) groups excluding carboxylic acids is 6. The van der Waals surface area contributed by atoms with Crippen molar-refractivity contribution in [3.63, 3.8) is 0 Å². The van der Waals surface area contributed by atoms with Crippen LogP contribution in [0.15, 0.2) is 0 Å². The largest absolute Gasteiger partial charge is 0.458 e. The van der Waals surface area contributed by atoms with E-state index >= 15 is 0 Å². The smallest absolute Gasteiger partial charge is 0.329 e. The summed E-state index contributed by atoms with van der Waals surface area (Å²) in [6.45, 7) is 15.1. The first-order valence-corrected chi connectivity index (χ1v) is 17.0. The Morgan fingerprint density at radius 2 is 1.46 bits per heavy atom. The summed E-state index contributed by atoms with van der Waals surface area (Å²) in [5.41, 5.74) is 3.90. The molecule has 1 aliphatic heterocycles. The summed E-state index contributed by atoms with van der Waals surface area (Å²) in [6, 6.07) is -4.47. The summed E-state index contributed by atoms with van der Waals surface area (Å²) in [4.78, 5) is 80.8. The predicted molar refractivity (Wildman–Crippen MR) is 173 cm³/mol. The summed E-state index contributed by atoms with van der Waals surface area (Å²) in [6.07, 6.45) is 6.90. The van der Waals surface area contributed by atoms with E-state index in [0.29, 0.717) is 19.4 Å². The van der Waals surface area contributed by atoms with Gasteiger partial charge in [-0.1, -0.05) is 66.7 Å². The maximum atomic E-state index is 14.4. The van der Waals surface area contributed by atoms with E-state index in [-0.39, 0.29) is 29.6 Å². The number of rotatable bonds is 12. The maximum Gasteiger partial charge on any atom is 0.329 e. The van der Waals surface area contributed by atoms with Gasteiger partial charge in [0.15, 0.2) is 0 Å². The fraction of sp³-hybridized carbons (Fsp3) is 0.824. The lowest BCUT2D eigenvalue weighted by Gasteiger charge is -2.35. The number of Topliss-reactive ketones (excluding diaryl/α,β-unsaturated/α-hetero) is 1. The predicted octanol–water partition coefficient (Wildman–Crippen LogP) is 3.20. The molecule has 46 heavy (non-hydrogen) atoms. The molecule has 12 nitrogen and oxygen atoms in total. The lowest BCUT2D eigenvalue weighted by molar-refractivity contribution is -0.160. The van der Waals surface area contributed by atoms with Crippen LogP contribution in [0.5, 0.6) is 0 Å². The van der Waals surface area contributed by atoms with Crippen LogP contribution in [0.25, 0.3) is 0 Å². The Morgan fingerprint density at radius 1 is 0.848 bits per heavy atom. The summed E-state index contributed by atoms with van der Waals surface area (Å²) in [7, 11) is 0. The zero-order chi connectivity index (χ0) is 34.6. The van der Waals surface area contributed by atoms with Crippen molar-refractivity contribution in [3.8, 4) is 0 Å². The Bertz CT molecular complexity index is 1150. The van der Waals surface area contributed by atoms with Crippen molar-refractivity contribution in [2.45, 2.75) is 143 Å². The molecule has 3 rings (SSSR count). The van der Waals surface area contributed by atoms with Gasteiger partial charge in [-0.05, 0) is 75.5 Å². The molecule has 0 aromatic rings. The molecule has 5 amide bonds. The van der Waals surface area contributed by atoms with Gasteiger partial charge in [0, 0.05) is 6.54 Å². The number of primary amides is 1. The van der Waals surface area contributed by atoms with Crippen molar-refractivity contribution in [3.05, 3.63) is 0 Å². The maximum absolute atomic E-state index is 14.4. The molecule has 5 N–H and O–H groups in total. The number of amides is 5. The van der Waals surface area contributed by atoms with Gasteiger partial charge in [0.05, 0.1) is 6.04 Å². The molecule has 1 heterocycles. The Kier molecular flexibility index (Phi) is 12.3. The Labute approximate surface area is 274 Å². The fourth-order valence-corrected chi connectivity index (χ4v) is 6.73. The van der Waals surface area contributed by atoms with Crippen LogP contribution in [0.3, 0.4) is 0 Å². The number of nitrogens with zero attached hydrogens (tertiary/aromatic N) is 1. The summed E-state index contributed by atoms with van der Waals surface area (Å²) < 4.78 is 5.58. The molecule has 260 valence electrons. The minimum atomic E-state index is -1.10. The molecule has 3 fully saturated rings. The third-order valence-electron chi connectivity index (χ3n) is 9.74. The van der Waals surface area contributed by atoms with E-state index in [9.17, 15) is 28.8 Å². The third kappa shape index (κ3) is 9.91. The van der Waals surface area contributed by atoms with Gasteiger partial charge in [0.25, 0.3) is 5.91 Å². The monoisotopic (exact) mass is 647 g/mol. The number of esters is 1. The van der Waals surface area contributed by atoms with Crippen LogP contribution in [0.4, 0.5) is 4.79 Å². The van der Waals surface area contributed by atoms with Crippen molar-refractivity contribution < 1.29 is 33.5 Å². The highest BCUT2D eigenvalue weighted by Gasteiger charge is 2.46. The summed E-state index contributed by atoms with van der Waals surface area (Å²) in [5.74, 6) is -3.09. The first kappa shape index (κ1) is 37.3. The average molecular weight is 648 g/mol. The summed E-state index contributed by atoms with van der Waals surface area (Å²) in [5, 5.41) is 8.41. The molecule has 2 aliphatic carbocycles. The van der Waals surface area contributed by atoms with Gasteiger partial charge >= 0.3 is 12.0 Å². The first-order valence-electron chi connectivity index (χ1n) is 17.0. The van der Waals surface area contributed by atoms with Gasteiger partial charge < -0.3 is 31.3 Å². The second-order valence-corrected chi connectivity index (χ2v) is 16.0. The van der Waals surface area contributed by atoms with E-state index in [2.05, 4.69) is 16.0 Å². The van der Waals surface area contributed by atoms with Crippen molar-refractivity contribution in [1.29, 1.82) is 0 Å². The van der Waals surface area contributed by atoms with Crippen LogP contribution in [0, 0.1) is 29.1 Å². The Hall–Kier alpha value is -3.18. The topological polar surface area (TPSA) is 177 Å². The second-order valence-electron chi connectivity index (χ2n) is 16.0. The van der Waals surface area contributed by atoms with E-state index in [4.69, 9.17) is 10.5 Å². The zero-order valence-electron chi connectivity index (χ0n) is 29.1. The van der Waals surface area contributed by atoms with Gasteiger partial charge in [0.2, 0.25) is 17.6 Å². The van der Waals surface area contributed by atoms with Crippen LogP contribution in [-0.4, -0.2) is 76.7 Å². The molecule has 12 heteroatoms. The minimum Gasteiger partial charge on any atom is -0.458 e. The number of urea groups is 1. The molecule has 3 aliphatic rings. The minimum absolute atomic E-state index is 0.0205. The number of nitrogens with two attached hydrogens (primary N) is 1. The van der Waals surface area contributed by atoms with Crippen molar-refractivity contribution in [1.82, 2.24) is 20.9 Å². The van der Waals surface area contributed by atoms with Gasteiger partial charge in [0.1, 0.15) is 23.7 Å². The van der Waals surface area contributed by atoms with Gasteiger partial charge in [-0.15, -0.1) is 0 Å². The van der Waals surface area contributed by atoms with Gasteiger partial charge in [-0.25, -0.2) is 9.59 Å². The van der Waals surface area contributed by atoms with Crippen LogP contribution in [0.1, 0.15) is 113 Å². The second kappa shape index (κ2) is 15.2. The van der Waals surface area contributed by atoms with E-state index in [0.717, 1.165) is 44.9 Å². The Morgan fingerprint density at radius 3 is 1.93 bits per heavy atom. The molecular weight excluding hydrogens is 590 g/mol. The highest BCUT2D eigenvalue weighted by atomic mass is 16.6. The van der Waals surface area contributed by atoms with Crippen LogP contribution < -0.4 is 21.7 Å². The van der Waals surface area contributed by atoms with Crippen LogP contribution >= 0.6 is 0 Å². The van der Waals surface area contributed by atoms with Crippen LogP contribution in [0.2, 0.25) is 0 Å². The zero-order valence-corrected chi connectivity index (χ0v) is 29.1. The van der Waals surface area contributed by atoms with Crippen molar-refractivity contribution >= 4 is 35.5 Å². The standard InChI is InChI=1S/C34H57N5O7/c1-19(2)22-17-24(29(42)36-23(26(40)28(35)41)16-20-12-11-13-20)39(18-22)30(43)25(21-14-9-10-15-21)37-32(45)38-27(33(3,4)5)31(44)46-34(6,7)8/h19-25,27H,9-18H2,1-8H3,(H2,35,41)(H,36,42)(H2,37,38,45)/t22-,23?,24+,25+,27-/m1/s1. The van der Waals surface area contributed by atoms with Crippen LogP contribution in [-0.2, 0) is 28.7 Å². The lowest BCUT2D eigenvalue weighted by atomic mass is 9.80. The lowest BCUT2D eigenvalue weighted by Crippen LogP contribution is -2.60. The van der Waals surface area contributed by atoms with E-state index in [1.807, 2.05) is 34.6 Å². The molecule has 0 aromatic carbocycles. The fourth-order valence-electron chi connectivity index (χ4n) is 6.73. The van der Waals surface area contributed by atoms with E-state index in [1.165, 1.54) is 4.90 Å². The SMILES string of the molecule is CC(C)[C@@H]1C[C@@H](C(=O)NC(CC2CCC2)C(=O)C(N)=O)N(C(=O)[C@@H](NC(=O)N[C@H](C(=O)OC(C)(C)C)C(C)(C)C)C2CCCC2)C1. The molecule has 1 unspecified atom stereocenters. The highest BCUT2D eigenvalue weighted by molar-refractivity contribution is 6.37. The van der Waals surface area contributed by atoms with Gasteiger partial charge in [-0.2, -0.15) is 0 Å². The molecule has 5 atom stereocenters. The average Bonchev–Trinajstić information content (AvgIpc) is 3.60. The van der Waals surface area contributed by atoms with Crippen molar-refractivity contribution in [2.24, 2.45) is 34.8 Å². The number of carbonyl (C=O) groups is 6. The van der Waals surface area contributed by atoms with Gasteiger partial charge in [-0.3, -0.25) is 19.2 Å². The molecule has 0 aromatic heterocycles. The molecular formula is C34H57N5O7.